The maximum absolute atomic E-state index is 12.0. The summed E-state index contributed by atoms with van der Waals surface area (Å²) in [5, 5.41) is 27.3. The Labute approximate surface area is 128 Å². The fourth-order valence-electron chi connectivity index (χ4n) is 2.88. The number of aliphatic hydroxyl groups is 1. The molecule has 0 saturated heterocycles. The molecule has 0 aromatic rings. The molecular weight excluding hydrogens is 270 g/mol. The van der Waals surface area contributed by atoms with Gasteiger partial charge in [0.2, 0.25) is 5.28 Å². The highest BCUT2D eigenvalue weighted by Crippen LogP contribution is 2.33. The molecule has 1 fully saturated rings. The highest BCUT2D eigenvalue weighted by Gasteiger charge is 2.33. The van der Waals surface area contributed by atoms with Crippen molar-refractivity contribution in [2.45, 2.75) is 84.5 Å². The Bertz CT molecular complexity index is 350. The van der Waals surface area contributed by atoms with E-state index < -0.39 is 5.60 Å². The lowest BCUT2D eigenvalue weighted by atomic mass is 9.78. The Hall–Kier alpha value is -1.04. The molecule has 0 bridgehead atoms. The minimum absolute atomic E-state index is 0.0290. The zero-order valence-electron chi connectivity index (χ0n) is 14.3. The summed E-state index contributed by atoms with van der Waals surface area (Å²) < 4.78 is 0. The lowest BCUT2D eigenvalue weighted by Crippen LogP contribution is -2.45. The number of hydrogen-bond acceptors (Lipinski definition) is 4. The van der Waals surface area contributed by atoms with Crippen LogP contribution in [0.2, 0.25) is 0 Å². The Morgan fingerprint density at radius 1 is 1.19 bits per heavy atom. The third-order valence-electron chi connectivity index (χ3n) is 4.22. The van der Waals surface area contributed by atoms with Crippen LogP contribution in [0.3, 0.4) is 0 Å². The van der Waals surface area contributed by atoms with E-state index in [1.165, 1.54) is 0 Å². The van der Waals surface area contributed by atoms with Gasteiger partial charge in [-0.25, -0.2) is 0 Å². The highest BCUT2D eigenvalue weighted by molar-refractivity contribution is 4.82. The van der Waals surface area contributed by atoms with Crippen LogP contribution in [0.15, 0.2) is 5.28 Å². The quantitative estimate of drug-likeness (QED) is 0.481. The minimum atomic E-state index is -0.641. The van der Waals surface area contributed by atoms with Gasteiger partial charge in [-0.15, -0.1) is 5.01 Å². The molecule has 6 nitrogen and oxygen atoms in total. The normalized spacial score (nSPS) is 24.8. The van der Waals surface area contributed by atoms with Gasteiger partial charge in [-0.05, 0) is 73.1 Å². The van der Waals surface area contributed by atoms with Crippen molar-refractivity contribution in [1.82, 2.24) is 5.01 Å². The van der Waals surface area contributed by atoms with Gasteiger partial charge in [-0.2, -0.15) is 0 Å². The van der Waals surface area contributed by atoms with Gasteiger partial charge in [-0.1, -0.05) is 0 Å². The van der Waals surface area contributed by atoms with Crippen LogP contribution in [-0.4, -0.2) is 38.9 Å². The molecule has 1 N–H and O–H groups in total. The summed E-state index contributed by atoms with van der Waals surface area (Å²) in [4.78, 5) is 5.96. The molecule has 0 unspecified atom stereocenters. The van der Waals surface area contributed by atoms with Crippen LogP contribution in [-0.2, 0) is 4.84 Å². The molecule has 0 aliphatic heterocycles. The summed E-state index contributed by atoms with van der Waals surface area (Å²) in [7, 11) is 0. The Morgan fingerprint density at radius 3 is 2.10 bits per heavy atom. The van der Waals surface area contributed by atoms with E-state index in [4.69, 9.17) is 4.84 Å². The maximum Gasteiger partial charge on any atom is 0.233 e. The molecular formula is C15H31N3O3. The standard InChI is InChI=1S/C15H31N3O3/c1-7-17(14(2,3)4)18(20)16-21-13-10-8-12(9-11-13)15(5,6)19/h12-13,19H,7-11H2,1-6H3/b18-16-/t12-,13+. The molecule has 0 aromatic heterocycles. The molecule has 124 valence electrons. The van der Waals surface area contributed by atoms with Gasteiger partial charge >= 0.3 is 0 Å². The van der Waals surface area contributed by atoms with E-state index >= 15 is 0 Å². The molecule has 1 aliphatic rings. The third kappa shape index (κ3) is 5.34. The highest BCUT2D eigenvalue weighted by atomic mass is 16.7. The van der Waals surface area contributed by atoms with Gasteiger partial charge in [0, 0.05) is 0 Å². The zero-order valence-corrected chi connectivity index (χ0v) is 14.3. The average Bonchev–Trinajstić information content (AvgIpc) is 2.35. The van der Waals surface area contributed by atoms with Crippen molar-refractivity contribution in [3.8, 4) is 0 Å². The summed E-state index contributed by atoms with van der Waals surface area (Å²) in [6, 6.07) is 0. The lowest BCUT2D eigenvalue weighted by Gasteiger charge is -2.34. The molecule has 0 heterocycles. The molecule has 0 atom stereocenters. The lowest BCUT2D eigenvalue weighted by molar-refractivity contribution is -0.725. The Morgan fingerprint density at radius 2 is 1.71 bits per heavy atom. The van der Waals surface area contributed by atoms with E-state index in [9.17, 15) is 10.3 Å². The summed E-state index contributed by atoms with van der Waals surface area (Å²) in [6.45, 7) is 12.1. The molecule has 0 radical (unpaired) electrons. The number of rotatable bonds is 5. The second-order valence-corrected chi connectivity index (χ2v) is 7.45. The molecule has 0 amide bonds. The van der Waals surface area contributed by atoms with E-state index in [0.29, 0.717) is 17.4 Å². The molecule has 1 rings (SSSR count). The number of hydrazine groups is 1. The second kappa shape index (κ2) is 6.81. The largest absolute Gasteiger partial charge is 0.569 e. The minimum Gasteiger partial charge on any atom is -0.569 e. The van der Waals surface area contributed by atoms with Gasteiger partial charge in [0.1, 0.15) is 6.10 Å². The van der Waals surface area contributed by atoms with Gasteiger partial charge in [-0.3, -0.25) is 0 Å². The van der Waals surface area contributed by atoms with Crippen molar-refractivity contribution in [3.63, 3.8) is 0 Å². The Kier molecular flexibility index (Phi) is 5.84. The summed E-state index contributed by atoms with van der Waals surface area (Å²) in [5.74, 6) is 0.294. The molecule has 0 aromatic carbocycles. The van der Waals surface area contributed by atoms with E-state index in [1.54, 1.807) is 5.01 Å². The molecule has 0 spiro atoms. The van der Waals surface area contributed by atoms with Gasteiger partial charge in [0.05, 0.1) is 22.7 Å². The maximum atomic E-state index is 12.0. The topological polar surface area (TPSA) is 71.1 Å². The summed E-state index contributed by atoms with van der Waals surface area (Å²) in [6.07, 6.45) is 3.43. The van der Waals surface area contributed by atoms with Crippen LogP contribution < -0.4 is 0 Å². The fraction of sp³-hybridized carbons (Fsp3) is 1.00. The smallest absolute Gasteiger partial charge is 0.233 e. The van der Waals surface area contributed by atoms with Crippen LogP contribution in [0.1, 0.15) is 67.2 Å². The second-order valence-electron chi connectivity index (χ2n) is 7.45. The van der Waals surface area contributed by atoms with Crippen molar-refractivity contribution in [2.24, 2.45) is 11.2 Å². The number of hydrogen-bond donors (Lipinski definition) is 1. The monoisotopic (exact) mass is 301 g/mol. The van der Waals surface area contributed by atoms with E-state index in [2.05, 4.69) is 5.28 Å². The molecule has 21 heavy (non-hydrogen) atoms. The fourth-order valence-corrected chi connectivity index (χ4v) is 2.88. The van der Waals surface area contributed by atoms with E-state index in [1.807, 2.05) is 41.5 Å². The number of nitrogens with zero attached hydrogens (tertiary/aromatic N) is 3. The zero-order chi connectivity index (χ0) is 16.3. The van der Waals surface area contributed by atoms with Gasteiger partial charge in [0.15, 0.2) is 0 Å². The average molecular weight is 301 g/mol. The van der Waals surface area contributed by atoms with Crippen LogP contribution in [0.25, 0.3) is 0 Å². The van der Waals surface area contributed by atoms with Gasteiger partial charge in [0.25, 0.3) is 0 Å². The van der Waals surface area contributed by atoms with Crippen LogP contribution in [0.5, 0.6) is 0 Å². The van der Waals surface area contributed by atoms with Crippen molar-refractivity contribution in [1.29, 1.82) is 0 Å². The first-order chi connectivity index (χ1) is 9.55. The molecule has 1 saturated carbocycles. The first-order valence-electron chi connectivity index (χ1n) is 7.89. The molecule has 6 heteroatoms. The van der Waals surface area contributed by atoms with Crippen molar-refractivity contribution in [2.75, 3.05) is 6.54 Å². The Balaban J connectivity index is 2.51. The predicted octanol–water partition coefficient (Wildman–Crippen LogP) is 3.25. The van der Waals surface area contributed by atoms with E-state index in [0.717, 1.165) is 25.7 Å². The molecule has 1 aliphatic carbocycles. The summed E-state index contributed by atoms with van der Waals surface area (Å²) in [5.41, 5.74) is -0.931. The van der Waals surface area contributed by atoms with Crippen molar-refractivity contribution >= 4 is 0 Å². The van der Waals surface area contributed by atoms with Crippen LogP contribution in [0, 0.1) is 11.1 Å². The van der Waals surface area contributed by atoms with E-state index in [-0.39, 0.29) is 11.6 Å². The van der Waals surface area contributed by atoms with Crippen molar-refractivity contribution < 1.29 is 14.9 Å². The van der Waals surface area contributed by atoms with Crippen LogP contribution >= 0.6 is 0 Å². The first kappa shape index (κ1) is 18.0. The summed E-state index contributed by atoms with van der Waals surface area (Å²) >= 11 is 0. The van der Waals surface area contributed by atoms with Crippen LogP contribution in [0.4, 0.5) is 0 Å². The van der Waals surface area contributed by atoms with Crippen molar-refractivity contribution in [3.05, 3.63) is 5.21 Å². The third-order valence-corrected chi connectivity index (χ3v) is 4.22. The van der Waals surface area contributed by atoms with Gasteiger partial charge < -0.3 is 15.2 Å². The SMILES string of the molecule is CCN(/[N+]([O-])=N/O[C@H]1CC[C@@H](C(C)(C)O)CC1)C(C)(C)C. The predicted molar refractivity (Wildman–Crippen MR) is 81.3 cm³/mol. The first-order valence-corrected chi connectivity index (χ1v) is 7.89.